The van der Waals surface area contributed by atoms with Crippen molar-refractivity contribution < 1.29 is 9.53 Å². The maximum atomic E-state index is 11.8. The van der Waals surface area contributed by atoms with Crippen molar-refractivity contribution in [2.75, 3.05) is 35.6 Å². The number of nitrogens with one attached hydrogen (secondary N) is 3. The van der Waals surface area contributed by atoms with Crippen molar-refractivity contribution in [1.29, 1.82) is 0 Å². The number of hydrogen-bond acceptors (Lipinski definition) is 22. The first kappa shape index (κ1) is 86.0. The van der Waals surface area contributed by atoms with Crippen LogP contribution in [0.3, 0.4) is 0 Å². The Hall–Kier alpha value is -9.83. The second-order valence-electron chi connectivity index (χ2n) is 34.1. The van der Waals surface area contributed by atoms with E-state index >= 15 is 0 Å². The number of rotatable bonds is 19. The Balaban J connectivity index is 0.000000123. The maximum Gasteiger partial charge on any atom is 0.413 e. The minimum Gasteiger partial charge on any atom is -0.450 e. The lowest BCUT2D eigenvalue weighted by molar-refractivity contribution is 0.167. The van der Waals surface area contributed by atoms with Crippen LogP contribution in [0.2, 0.25) is 0 Å². The summed E-state index contributed by atoms with van der Waals surface area (Å²) < 4.78 is 18.2. The summed E-state index contributed by atoms with van der Waals surface area (Å²) in [4.78, 5) is 93.0. The number of hydrogen-bond donors (Lipinski definition) is 3. The van der Waals surface area contributed by atoms with E-state index in [1.165, 1.54) is 193 Å². The van der Waals surface area contributed by atoms with E-state index in [4.69, 9.17) is 4.74 Å². The van der Waals surface area contributed by atoms with Crippen molar-refractivity contribution in [2.45, 2.75) is 321 Å². The molecule has 0 aliphatic heterocycles. The van der Waals surface area contributed by atoms with E-state index in [-0.39, 0.29) is 0 Å². The van der Waals surface area contributed by atoms with Gasteiger partial charge in [0.05, 0.1) is 78.0 Å². The topological polar surface area (TPSA) is 324 Å². The second kappa shape index (κ2) is 42.2. The SMILES string of the molecule is CCNc1nc2ncc(C)nc2n1CC1CCCCC1.CCNc1nc2ncc(C)nc2n1CC1CCCCC1.CCOC(=O)Nc1nc2ncc(C)nc2n1CC1CCCCC1.CCc1nc2ncc(C)nc2n1CC1CCCCC1.Cc1cnc2nc(C)n(CC3CCCCC3)c2n1.Cc1cnc2nc(C)n(CC3CCCCC3)c2n1. The first-order valence-electron chi connectivity index (χ1n) is 45.0. The molecule has 0 radical (unpaired) electrons. The van der Waals surface area contributed by atoms with Crippen LogP contribution < -0.4 is 16.0 Å². The zero-order valence-corrected chi connectivity index (χ0v) is 72.8. The smallest absolute Gasteiger partial charge is 0.413 e. The van der Waals surface area contributed by atoms with Crippen molar-refractivity contribution >= 4 is 91.7 Å². The van der Waals surface area contributed by atoms with Gasteiger partial charge in [-0.05, 0) is 189 Å². The zero-order valence-electron chi connectivity index (χ0n) is 72.8. The predicted molar refractivity (Wildman–Crippen MR) is 468 cm³/mol. The largest absolute Gasteiger partial charge is 0.450 e. The van der Waals surface area contributed by atoms with Crippen molar-refractivity contribution in [2.24, 2.45) is 35.5 Å². The molecule has 0 unspecified atom stereocenters. The molecule has 18 rings (SSSR count). The average Bonchev–Trinajstić information content (AvgIpc) is 1.65. The highest BCUT2D eigenvalue weighted by Gasteiger charge is 2.27. The summed E-state index contributed by atoms with van der Waals surface area (Å²) in [5, 5.41) is 9.41. The molecule has 12 heterocycles. The van der Waals surface area contributed by atoms with Gasteiger partial charge in [0.1, 0.15) is 17.5 Å². The lowest BCUT2D eigenvalue weighted by atomic mass is 9.89. The number of aromatic nitrogens is 24. The minimum absolute atomic E-state index is 0.324. The van der Waals surface area contributed by atoms with Gasteiger partial charge in [0.25, 0.3) is 0 Å². The van der Waals surface area contributed by atoms with Gasteiger partial charge in [0.15, 0.2) is 67.8 Å². The van der Waals surface area contributed by atoms with Gasteiger partial charge in [-0.2, -0.15) is 15.0 Å². The van der Waals surface area contributed by atoms with Gasteiger partial charge >= 0.3 is 6.09 Å². The number of imidazole rings is 6. The lowest BCUT2D eigenvalue weighted by Gasteiger charge is -2.22. The molecule has 0 bridgehead atoms. The summed E-state index contributed by atoms with van der Waals surface area (Å²) in [5.41, 5.74) is 15.5. The monoisotopic (exact) mass is 1610 g/mol. The van der Waals surface area contributed by atoms with Crippen LogP contribution >= 0.6 is 0 Å². The molecular formula is C89H131N27O2. The highest BCUT2D eigenvalue weighted by molar-refractivity contribution is 5.85. The summed E-state index contributed by atoms with van der Waals surface area (Å²) >= 11 is 0. The number of carbonyl (C=O) groups is 1. The summed E-state index contributed by atoms with van der Waals surface area (Å²) in [7, 11) is 0. The summed E-state index contributed by atoms with van der Waals surface area (Å²) in [6, 6.07) is 0. The Bertz CT molecular complexity index is 4980. The molecule has 12 aromatic heterocycles. The van der Waals surface area contributed by atoms with Crippen LogP contribution in [0, 0.1) is 90.9 Å². The molecule has 6 aliphatic rings. The maximum absolute atomic E-state index is 11.8. The van der Waals surface area contributed by atoms with Crippen LogP contribution in [0.4, 0.5) is 22.6 Å². The molecule has 3 N–H and O–H groups in total. The number of nitrogens with zero attached hydrogens (tertiary/aromatic N) is 24. The Labute approximate surface area is 696 Å². The van der Waals surface area contributed by atoms with E-state index in [1.54, 1.807) is 44.1 Å². The molecule has 118 heavy (non-hydrogen) atoms. The second-order valence-corrected chi connectivity index (χ2v) is 34.1. The molecule has 12 aromatic rings. The molecule has 1 amide bonds. The average molecular weight is 1610 g/mol. The molecule has 6 saturated carbocycles. The van der Waals surface area contributed by atoms with E-state index < -0.39 is 6.09 Å². The third kappa shape index (κ3) is 22.8. The van der Waals surface area contributed by atoms with Gasteiger partial charge in [0.2, 0.25) is 17.8 Å². The number of aryl methyl sites for hydroxylation is 9. The van der Waals surface area contributed by atoms with Crippen molar-refractivity contribution in [3.63, 3.8) is 0 Å². The third-order valence-corrected chi connectivity index (χ3v) is 24.4. The van der Waals surface area contributed by atoms with Crippen LogP contribution in [0.15, 0.2) is 37.2 Å². The minimum atomic E-state index is -0.496. The first-order chi connectivity index (χ1) is 57.5. The summed E-state index contributed by atoms with van der Waals surface area (Å²) in [6.45, 7) is 32.1. The standard InChI is InChI=1S/C16H23N5O2.2C15H23N5.C15H22N4.2C14H20N4/c1-3-23-16(22)20-15-19-13-14(18-11(2)9-17-13)21(15)10-12-7-5-4-6-8-12;2*1-3-16-15-19-13-14(18-11(2)9-17-13)20(15)10-12-7-5-4-6-8-12;1-3-13-18-14-15(17-11(2)9-16-14)19(13)10-12-7-5-4-6-8-12;2*1-10-8-15-13-14(16-10)18(11(2)17-13)9-12-6-4-3-5-7-12/h9,12H,3-8,10H2,1-2H3,(H,17,19,20,22);2*9,12H,3-8,10H2,1-2H3,(H,16,17,19);9,12H,3-8,10H2,1-2H3;2*8,12H,3-7,9H2,1-2H3. The van der Waals surface area contributed by atoms with E-state index in [1.807, 2.05) is 46.1 Å². The Morgan fingerprint density at radius 1 is 0.305 bits per heavy atom. The van der Waals surface area contributed by atoms with Gasteiger partial charge in [-0.3, -0.25) is 19.0 Å². The first-order valence-corrected chi connectivity index (χ1v) is 45.0. The molecule has 0 saturated heterocycles. The fraction of sp³-hybridized carbons (Fsp3) is 0.652. The van der Waals surface area contributed by atoms with E-state index in [0.717, 1.165) is 214 Å². The zero-order chi connectivity index (χ0) is 82.4. The van der Waals surface area contributed by atoms with Crippen molar-refractivity contribution in [3.05, 3.63) is 88.8 Å². The summed E-state index contributed by atoms with van der Waals surface area (Å²) in [5.74, 6) is 9.97. The van der Waals surface area contributed by atoms with Gasteiger partial charge in [-0.25, -0.2) is 79.6 Å². The van der Waals surface area contributed by atoms with Crippen LogP contribution in [-0.4, -0.2) is 143 Å². The van der Waals surface area contributed by atoms with Gasteiger partial charge in [-0.15, -0.1) is 0 Å². The van der Waals surface area contributed by atoms with Crippen molar-refractivity contribution in [3.8, 4) is 0 Å². The number of fused-ring (bicyclic) bond motifs is 6. The molecule has 0 atom stereocenters. The molecule has 0 spiro atoms. The number of carbonyl (C=O) groups excluding carboxylic acids is 1. The van der Waals surface area contributed by atoms with Crippen LogP contribution in [0.1, 0.15) is 272 Å². The lowest BCUT2D eigenvalue weighted by Crippen LogP contribution is -2.20. The third-order valence-electron chi connectivity index (χ3n) is 24.4. The number of amides is 1. The normalized spacial score (nSPS) is 16.8. The fourth-order valence-electron chi connectivity index (χ4n) is 18.3. The van der Waals surface area contributed by atoms with E-state index in [2.05, 4.69) is 163 Å². The predicted octanol–water partition coefficient (Wildman–Crippen LogP) is 18.9. The van der Waals surface area contributed by atoms with E-state index in [0.29, 0.717) is 24.1 Å². The highest BCUT2D eigenvalue weighted by atomic mass is 16.5. The number of ether oxygens (including phenoxy) is 1. The van der Waals surface area contributed by atoms with Crippen LogP contribution in [0.25, 0.3) is 67.8 Å². The molecule has 0 aromatic carbocycles. The Kier molecular flexibility index (Phi) is 30.8. The van der Waals surface area contributed by atoms with Crippen molar-refractivity contribution in [1.82, 2.24) is 117 Å². The van der Waals surface area contributed by atoms with Gasteiger partial charge < -0.3 is 29.1 Å². The van der Waals surface area contributed by atoms with E-state index in [9.17, 15) is 4.79 Å². The molecule has 6 fully saturated rings. The van der Waals surface area contributed by atoms with Gasteiger partial charge in [-0.1, -0.05) is 122 Å². The molecule has 634 valence electrons. The van der Waals surface area contributed by atoms with Crippen LogP contribution in [0.5, 0.6) is 0 Å². The molecule has 29 heteroatoms. The molecular weight excluding hydrogens is 1480 g/mol. The fourth-order valence-corrected chi connectivity index (χ4v) is 18.3. The molecule has 29 nitrogen and oxygen atoms in total. The van der Waals surface area contributed by atoms with Crippen LogP contribution in [-0.2, 0) is 50.4 Å². The molecule has 6 aliphatic carbocycles. The number of anilines is 3. The summed E-state index contributed by atoms with van der Waals surface area (Å²) in [6.07, 6.45) is 51.4. The highest BCUT2D eigenvalue weighted by Crippen LogP contribution is 2.34. The quantitative estimate of drug-likeness (QED) is 0.0677. The Morgan fingerprint density at radius 2 is 0.542 bits per heavy atom. The van der Waals surface area contributed by atoms with Gasteiger partial charge in [0, 0.05) is 58.8 Å². The Morgan fingerprint density at radius 3 is 0.822 bits per heavy atom.